The Morgan fingerprint density at radius 3 is 2.50 bits per heavy atom. The van der Waals surface area contributed by atoms with Crippen molar-refractivity contribution < 1.29 is 10.0 Å². The fourth-order valence-electron chi connectivity index (χ4n) is 2.76. The van der Waals surface area contributed by atoms with Crippen molar-refractivity contribution in [1.29, 1.82) is 0 Å². The number of carbonyl (C=O) groups excluding carboxylic acids is 1. The van der Waals surface area contributed by atoms with Crippen LogP contribution in [0.4, 0.5) is 0 Å². The molecule has 1 heterocycles. The van der Waals surface area contributed by atoms with Gasteiger partial charge in [0.15, 0.2) is 0 Å². The van der Waals surface area contributed by atoms with Crippen molar-refractivity contribution in [3.05, 3.63) is 35.9 Å². The molecule has 1 spiro atoms. The minimum atomic E-state index is -0.461. The van der Waals surface area contributed by atoms with E-state index in [1.807, 2.05) is 42.2 Å². The highest BCUT2D eigenvalue weighted by Crippen LogP contribution is 2.53. The first-order valence-electron chi connectivity index (χ1n) is 6.26. The SMILES string of the molecule is C[C@@H](c1ccccc1)N1CC(=NO)C2(CC2)C1=O. The molecule has 4 heteroatoms. The molecule has 1 aromatic carbocycles. The van der Waals surface area contributed by atoms with Crippen LogP contribution in [0.1, 0.15) is 31.4 Å². The molecule has 1 amide bonds. The Labute approximate surface area is 106 Å². The maximum absolute atomic E-state index is 12.4. The molecule has 0 bridgehead atoms. The van der Waals surface area contributed by atoms with Crippen molar-refractivity contribution >= 4 is 11.6 Å². The summed E-state index contributed by atoms with van der Waals surface area (Å²) in [7, 11) is 0. The third kappa shape index (κ3) is 1.45. The van der Waals surface area contributed by atoms with Crippen molar-refractivity contribution in [2.45, 2.75) is 25.8 Å². The van der Waals surface area contributed by atoms with Gasteiger partial charge in [-0.05, 0) is 25.3 Å². The number of nitrogens with zero attached hydrogens (tertiary/aromatic N) is 2. The normalized spacial score (nSPS) is 24.8. The summed E-state index contributed by atoms with van der Waals surface area (Å²) in [6.45, 7) is 2.47. The topological polar surface area (TPSA) is 52.9 Å². The lowest BCUT2D eigenvalue weighted by molar-refractivity contribution is -0.133. The first-order chi connectivity index (χ1) is 8.69. The van der Waals surface area contributed by atoms with E-state index in [0.29, 0.717) is 12.3 Å². The second-order valence-electron chi connectivity index (χ2n) is 5.15. The Bertz CT molecular complexity index is 506. The molecule has 2 aliphatic rings. The van der Waals surface area contributed by atoms with Gasteiger partial charge >= 0.3 is 0 Å². The van der Waals surface area contributed by atoms with Crippen molar-refractivity contribution in [2.75, 3.05) is 6.54 Å². The fourth-order valence-corrected chi connectivity index (χ4v) is 2.76. The summed E-state index contributed by atoms with van der Waals surface area (Å²) in [5.41, 5.74) is 1.29. The van der Waals surface area contributed by atoms with Crippen LogP contribution < -0.4 is 0 Å². The van der Waals surface area contributed by atoms with Crippen LogP contribution in [-0.2, 0) is 4.79 Å². The van der Waals surface area contributed by atoms with Crippen LogP contribution in [0.25, 0.3) is 0 Å². The molecular formula is C14H16N2O2. The number of oxime groups is 1. The number of carbonyl (C=O) groups is 1. The molecule has 4 nitrogen and oxygen atoms in total. The van der Waals surface area contributed by atoms with Gasteiger partial charge in [-0.3, -0.25) is 4.79 Å². The number of hydrogen-bond acceptors (Lipinski definition) is 3. The van der Waals surface area contributed by atoms with Gasteiger partial charge in [0.05, 0.1) is 23.7 Å². The van der Waals surface area contributed by atoms with E-state index in [0.717, 1.165) is 18.4 Å². The predicted molar refractivity (Wildman–Crippen MR) is 67.5 cm³/mol. The Morgan fingerprint density at radius 2 is 2.00 bits per heavy atom. The first-order valence-corrected chi connectivity index (χ1v) is 6.26. The van der Waals surface area contributed by atoms with Crippen molar-refractivity contribution in [3.8, 4) is 0 Å². The molecule has 1 N–H and O–H groups in total. The van der Waals surface area contributed by atoms with E-state index < -0.39 is 5.41 Å². The number of amides is 1. The van der Waals surface area contributed by atoms with E-state index in [1.54, 1.807) is 0 Å². The van der Waals surface area contributed by atoms with E-state index in [-0.39, 0.29) is 11.9 Å². The zero-order valence-corrected chi connectivity index (χ0v) is 10.3. The lowest BCUT2D eigenvalue weighted by atomic mass is 10.0. The Morgan fingerprint density at radius 1 is 1.33 bits per heavy atom. The van der Waals surface area contributed by atoms with Gasteiger partial charge in [-0.15, -0.1) is 0 Å². The second kappa shape index (κ2) is 3.83. The van der Waals surface area contributed by atoms with Gasteiger partial charge in [-0.1, -0.05) is 35.5 Å². The number of benzene rings is 1. The molecule has 3 rings (SSSR count). The largest absolute Gasteiger partial charge is 0.411 e. The van der Waals surface area contributed by atoms with E-state index >= 15 is 0 Å². The Kier molecular flexibility index (Phi) is 2.40. The predicted octanol–water partition coefficient (Wildman–Crippen LogP) is 2.20. The van der Waals surface area contributed by atoms with E-state index in [2.05, 4.69) is 5.16 Å². The van der Waals surface area contributed by atoms with Crippen molar-refractivity contribution in [3.63, 3.8) is 0 Å². The molecule has 0 aromatic heterocycles. The van der Waals surface area contributed by atoms with Crippen LogP contribution in [0, 0.1) is 5.41 Å². The highest BCUT2D eigenvalue weighted by Gasteiger charge is 2.61. The Hall–Kier alpha value is -1.84. The summed E-state index contributed by atoms with van der Waals surface area (Å²) in [5, 5.41) is 12.4. The summed E-state index contributed by atoms with van der Waals surface area (Å²) in [6, 6.07) is 9.97. The highest BCUT2D eigenvalue weighted by atomic mass is 16.4. The van der Waals surface area contributed by atoms with Gasteiger partial charge < -0.3 is 10.1 Å². The van der Waals surface area contributed by atoms with Crippen LogP contribution in [0.15, 0.2) is 35.5 Å². The highest BCUT2D eigenvalue weighted by molar-refractivity contribution is 6.17. The number of hydrogen-bond donors (Lipinski definition) is 1. The zero-order chi connectivity index (χ0) is 12.8. The number of likely N-dealkylation sites (tertiary alicyclic amines) is 1. The lowest BCUT2D eigenvalue weighted by Crippen LogP contribution is -2.30. The average molecular weight is 244 g/mol. The summed E-state index contributed by atoms with van der Waals surface area (Å²) in [6.07, 6.45) is 1.65. The average Bonchev–Trinajstić information content (AvgIpc) is 3.16. The summed E-state index contributed by atoms with van der Waals surface area (Å²) in [5.74, 6) is 0.117. The van der Waals surface area contributed by atoms with E-state index in [9.17, 15) is 4.79 Å². The molecule has 1 atom stereocenters. The molecule has 1 saturated heterocycles. The van der Waals surface area contributed by atoms with Gasteiger partial charge in [-0.25, -0.2) is 0 Å². The number of rotatable bonds is 2. The van der Waals surface area contributed by atoms with Gasteiger partial charge in [0, 0.05) is 0 Å². The minimum absolute atomic E-state index is 0.0235. The summed E-state index contributed by atoms with van der Waals surface area (Å²) < 4.78 is 0. The van der Waals surface area contributed by atoms with Crippen LogP contribution in [-0.4, -0.2) is 28.3 Å². The van der Waals surface area contributed by atoms with Crippen LogP contribution >= 0.6 is 0 Å². The van der Waals surface area contributed by atoms with E-state index in [4.69, 9.17) is 5.21 Å². The quantitative estimate of drug-likeness (QED) is 0.640. The summed E-state index contributed by atoms with van der Waals surface area (Å²) >= 11 is 0. The maximum atomic E-state index is 12.4. The zero-order valence-electron chi connectivity index (χ0n) is 10.3. The second-order valence-corrected chi connectivity index (χ2v) is 5.15. The van der Waals surface area contributed by atoms with Gasteiger partial charge in [-0.2, -0.15) is 0 Å². The third-order valence-electron chi connectivity index (χ3n) is 4.16. The van der Waals surface area contributed by atoms with Gasteiger partial charge in [0.25, 0.3) is 0 Å². The monoisotopic (exact) mass is 244 g/mol. The summed E-state index contributed by atoms with van der Waals surface area (Å²) in [4.78, 5) is 14.2. The maximum Gasteiger partial charge on any atom is 0.235 e. The van der Waals surface area contributed by atoms with Crippen LogP contribution in [0.5, 0.6) is 0 Å². The molecular weight excluding hydrogens is 228 g/mol. The van der Waals surface area contributed by atoms with E-state index in [1.165, 1.54) is 0 Å². The standard InChI is InChI=1S/C14H16N2O2/c1-10(11-5-3-2-4-6-11)16-9-12(15-18)14(7-8-14)13(16)17/h2-6,10,18H,7-9H2,1H3/t10-/m0/s1. The van der Waals surface area contributed by atoms with Gasteiger partial charge in [0.1, 0.15) is 0 Å². The van der Waals surface area contributed by atoms with Crippen LogP contribution in [0.3, 0.4) is 0 Å². The smallest absolute Gasteiger partial charge is 0.235 e. The van der Waals surface area contributed by atoms with Gasteiger partial charge in [0.2, 0.25) is 5.91 Å². The molecule has 1 aliphatic carbocycles. The fraction of sp³-hybridized carbons (Fsp3) is 0.429. The molecule has 1 aliphatic heterocycles. The molecule has 1 saturated carbocycles. The molecule has 94 valence electrons. The molecule has 0 unspecified atom stereocenters. The molecule has 0 radical (unpaired) electrons. The first kappa shape index (κ1) is 11.3. The lowest BCUT2D eigenvalue weighted by Gasteiger charge is -2.24. The van der Waals surface area contributed by atoms with Crippen molar-refractivity contribution in [2.24, 2.45) is 10.6 Å². The molecule has 1 aromatic rings. The van der Waals surface area contributed by atoms with Crippen molar-refractivity contribution in [1.82, 2.24) is 4.90 Å². The molecule has 2 fully saturated rings. The minimum Gasteiger partial charge on any atom is -0.411 e. The third-order valence-corrected chi connectivity index (χ3v) is 4.16. The van der Waals surface area contributed by atoms with Crippen LogP contribution in [0.2, 0.25) is 0 Å². The Balaban J connectivity index is 1.89. The molecule has 18 heavy (non-hydrogen) atoms.